The van der Waals surface area contributed by atoms with Gasteiger partial charge in [0.25, 0.3) is 0 Å². The van der Waals surface area contributed by atoms with E-state index in [0.717, 1.165) is 19.1 Å². The molecule has 0 saturated heterocycles. The minimum Gasteiger partial charge on any atom is -0.492 e. The number of nitrogens with zero attached hydrogens (tertiary/aromatic N) is 2. The number of ether oxygens (including phenoxy) is 1. The van der Waals surface area contributed by atoms with Crippen molar-refractivity contribution in [1.29, 1.82) is 0 Å². The first-order valence-corrected chi connectivity index (χ1v) is 14.4. The fourth-order valence-corrected chi connectivity index (χ4v) is 4.80. The Morgan fingerprint density at radius 1 is 1.05 bits per heavy atom. The standard InChI is InChI=1S/C27H38FN3O5S/c1-5-7-18-29-27(33)21(3)30(20-22-14-16-23(28)17-15-22)26(32)13-10-19-31(37(4,34)35)24-11-8-9-12-25(24)36-6-2/h8-9,11-12,14-17,21H,5-7,10,13,18-20H2,1-4H3,(H,29,33). The van der Waals surface area contributed by atoms with E-state index in [9.17, 15) is 22.4 Å². The normalized spacial score (nSPS) is 12.0. The van der Waals surface area contributed by atoms with Crippen molar-refractivity contribution in [3.05, 3.63) is 59.9 Å². The third kappa shape index (κ3) is 9.35. The number of rotatable bonds is 15. The van der Waals surface area contributed by atoms with Crippen LogP contribution in [0.15, 0.2) is 48.5 Å². The summed E-state index contributed by atoms with van der Waals surface area (Å²) in [7, 11) is -3.64. The van der Waals surface area contributed by atoms with Crippen molar-refractivity contribution in [3.8, 4) is 5.75 Å². The highest BCUT2D eigenvalue weighted by atomic mass is 32.2. The van der Waals surface area contributed by atoms with Gasteiger partial charge in [-0.2, -0.15) is 0 Å². The highest BCUT2D eigenvalue weighted by Gasteiger charge is 2.27. The number of hydrogen-bond donors (Lipinski definition) is 1. The van der Waals surface area contributed by atoms with Gasteiger partial charge in [0.05, 0.1) is 18.6 Å². The van der Waals surface area contributed by atoms with Crippen LogP contribution in [-0.2, 0) is 26.2 Å². The lowest BCUT2D eigenvalue weighted by Gasteiger charge is -2.29. The van der Waals surface area contributed by atoms with Crippen LogP contribution in [0.2, 0.25) is 0 Å². The van der Waals surface area contributed by atoms with Gasteiger partial charge in [-0.05, 0) is 56.5 Å². The maximum Gasteiger partial charge on any atom is 0.242 e. The Morgan fingerprint density at radius 2 is 1.73 bits per heavy atom. The lowest BCUT2D eigenvalue weighted by Crippen LogP contribution is -2.48. The number of para-hydroxylation sites is 2. The molecule has 8 nitrogen and oxygen atoms in total. The highest BCUT2D eigenvalue weighted by molar-refractivity contribution is 7.92. The van der Waals surface area contributed by atoms with Crippen LogP contribution in [0.1, 0.15) is 52.0 Å². The lowest BCUT2D eigenvalue weighted by atomic mass is 10.1. The number of carbonyl (C=O) groups excluding carboxylic acids is 2. The predicted molar refractivity (Wildman–Crippen MR) is 143 cm³/mol. The van der Waals surface area contributed by atoms with Crippen LogP contribution in [0.3, 0.4) is 0 Å². The van der Waals surface area contributed by atoms with Crippen molar-refractivity contribution in [2.75, 3.05) is 30.3 Å². The van der Waals surface area contributed by atoms with Gasteiger partial charge in [-0.25, -0.2) is 12.8 Å². The van der Waals surface area contributed by atoms with E-state index in [4.69, 9.17) is 4.74 Å². The van der Waals surface area contributed by atoms with Crippen molar-refractivity contribution in [2.24, 2.45) is 0 Å². The number of sulfonamides is 1. The molecule has 2 amide bonds. The summed E-state index contributed by atoms with van der Waals surface area (Å²) in [6.45, 7) is 6.58. The topological polar surface area (TPSA) is 96.0 Å². The lowest BCUT2D eigenvalue weighted by molar-refractivity contribution is -0.140. The molecule has 0 aliphatic heterocycles. The van der Waals surface area contributed by atoms with E-state index in [0.29, 0.717) is 30.2 Å². The van der Waals surface area contributed by atoms with E-state index in [2.05, 4.69) is 5.32 Å². The monoisotopic (exact) mass is 535 g/mol. The molecule has 1 unspecified atom stereocenters. The second-order valence-electron chi connectivity index (χ2n) is 8.81. The number of benzene rings is 2. The van der Waals surface area contributed by atoms with Gasteiger partial charge < -0.3 is 15.0 Å². The molecule has 0 spiro atoms. The molecule has 0 aliphatic rings. The fourth-order valence-electron chi connectivity index (χ4n) is 3.83. The Labute approximate surface area is 219 Å². The molecule has 0 aliphatic carbocycles. The average Bonchev–Trinajstić information content (AvgIpc) is 2.86. The Balaban J connectivity index is 2.17. The van der Waals surface area contributed by atoms with E-state index < -0.39 is 16.1 Å². The number of anilines is 1. The summed E-state index contributed by atoms with van der Waals surface area (Å²) in [5.74, 6) is -0.515. The van der Waals surface area contributed by atoms with Crippen LogP contribution in [0.25, 0.3) is 0 Å². The number of nitrogens with one attached hydrogen (secondary N) is 1. The van der Waals surface area contributed by atoms with Gasteiger partial charge >= 0.3 is 0 Å². The van der Waals surface area contributed by atoms with Gasteiger partial charge in [0.15, 0.2) is 0 Å². The molecular weight excluding hydrogens is 497 g/mol. The van der Waals surface area contributed by atoms with Crippen LogP contribution >= 0.6 is 0 Å². The first kappa shape index (κ1) is 30.1. The third-order valence-corrected chi connectivity index (χ3v) is 7.03. The van der Waals surface area contributed by atoms with Gasteiger partial charge in [0.2, 0.25) is 21.8 Å². The minimum atomic E-state index is -3.64. The molecule has 1 N–H and O–H groups in total. The zero-order valence-electron chi connectivity index (χ0n) is 22.1. The van der Waals surface area contributed by atoms with Crippen LogP contribution in [0, 0.1) is 5.82 Å². The number of halogens is 1. The largest absolute Gasteiger partial charge is 0.492 e. The second-order valence-corrected chi connectivity index (χ2v) is 10.7. The summed E-state index contributed by atoms with van der Waals surface area (Å²) in [5.41, 5.74) is 1.09. The molecule has 2 rings (SSSR count). The SMILES string of the molecule is CCCCNC(=O)C(C)N(Cc1ccc(F)cc1)C(=O)CCCN(c1ccccc1OCC)S(C)(=O)=O. The number of unbranched alkanes of at least 4 members (excludes halogenated alkanes) is 1. The summed E-state index contributed by atoms with van der Waals surface area (Å²) < 4.78 is 45.4. The molecule has 2 aromatic carbocycles. The molecule has 10 heteroatoms. The number of hydrogen-bond acceptors (Lipinski definition) is 5. The van der Waals surface area contributed by atoms with E-state index in [1.165, 1.54) is 21.3 Å². The zero-order chi connectivity index (χ0) is 27.4. The summed E-state index contributed by atoms with van der Waals surface area (Å²) >= 11 is 0. The molecule has 0 fully saturated rings. The number of carbonyl (C=O) groups is 2. The van der Waals surface area contributed by atoms with Crippen LogP contribution in [0.4, 0.5) is 10.1 Å². The first-order chi connectivity index (χ1) is 17.6. The zero-order valence-corrected chi connectivity index (χ0v) is 22.9. The summed E-state index contributed by atoms with van der Waals surface area (Å²) in [5, 5.41) is 2.85. The minimum absolute atomic E-state index is 0.0244. The quantitative estimate of drug-likeness (QED) is 0.347. The Bertz CT molecular complexity index is 1130. The van der Waals surface area contributed by atoms with E-state index in [1.807, 2.05) is 13.8 Å². The van der Waals surface area contributed by atoms with Crippen molar-refractivity contribution in [1.82, 2.24) is 10.2 Å². The molecular formula is C27H38FN3O5S. The van der Waals surface area contributed by atoms with Crippen molar-refractivity contribution in [2.45, 2.75) is 59.0 Å². The molecule has 0 radical (unpaired) electrons. The van der Waals surface area contributed by atoms with E-state index in [1.54, 1.807) is 43.3 Å². The molecule has 37 heavy (non-hydrogen) atoms. The molecule has 0 saturated carbocycles. The van der Waals surface area contributed by atoms with Crippen molar-refractivity contribution < 1.29 is 27.1 Å². The first-order valence-electron chi connectivity index (χ1n) is 12.6. The van der Waals surface area contributed by atoms with E-state index in [-0.39, 0.29) is 43.6 Å². The van der Waals surface area contributed by atoms with Crippen LogP contribution in [0.5, 0.6) is 5.75 Å². The molecule has 0 bridgehead atoms. The molecule has 0 heterocycles. The molecule has 0 aromatic heterocycles. The van der Waals surface area contributed by atoms with Gasteiger partial charge in [-0.3, -0.25) is 13.9 Å². The van der Waals surface area contributed by atoms with Crippen molar-refractivity contribution >= 4 is 27.5 Å². The summed E-state index contributed by atoms with van der Waals surface area (Å²) in [6.07, 6.45) is 3.12. The van der Waals surface area contributed by atoms with Gasteiger partial charge in [-0.15, -0.1) is 0 Å². The molecule has 1 atom stereocenters. The van der Waals surface area contributed by atoms with Gasteiger partial charge in [-0.1, -0.05) is 37.6 Å². The van der Waals surface area contributed by atoms with Gasteiger partial charge in [0, 0.05) is 26.1 Å². The summed E-state index contributed by atoms with van der Waals surface area (Å²) in [4.78, 5) is 27.5. The predicted octanol–water partition coefficient (Wildman–Crippen LogP) is 4.10. The maximum atomic E-state index is 13.4. The molecule has 204 valence electrons. The fraction of sp³-hybridized carbons (Fsp3) is 0.481. The highest BCUT2D eigenvalue weighted by Crippen LogP contribution is 2.30. The maximum absolute atomic E-state index is 13.4. The van der Waals surface area contributed by atoms with Crippen LogP contribution < -0.4 is 14.4 Å². The molecule has 2 aromatic rings. The van der Waals surface area contributed by atoms with E-state index >= 15 is 0 Å². The average molecular weight is 536 g/mol. The second kappa shape index (κ2) is 14.6. The Morgan fingerprint density at radius 3 is 2.35 bits per heavy atom. The Hall–Kier alpha value is -3.14. The Kier molecular flexibility index (Phi) is 11.8. The van der Waals surface area contributed by atoms with Crippen molar-refractivity contribution in [3.63, 3.8) is 0 Å². The number of amides is 2. The van der Waals surface area contributed by atoms with Crippen LogP contribution in [-0.4, -0.2) is 57.1 Å². The van der Waals surface area contributed by atoms with Gasteiger partial charge in [0.1, 0.15) is 17.6 Å². The summed E-state index contributed by atoms with van der Waals surface area (Å²) in [6, 6.07) is 11.9. The smallest absolute Gasteiger partial charge is 0.242 e. The third-order valence-electron chi connectivity index (χ3n) is 5.85.